The summed E-state index contributed by atoms with van der Waals surface area (Å²) in [5, 5.41) is 4.53. The van der Waals surface area contributed by atoms with Crippen molar-refractivity contribution in [3.63, 3.8) is 0 Å². The van der Waals surface area contributed by atoms with Crippen LogP contribution in [0.3, 0.4) is 0 Å². The fraction of sp³-hybridized carbons (Fsp3) is 0.222. The predicted molar refractivity (Wildman–Crippen MR) is 53.5 cm³/mol. The summed E-state index contributed by atoms with van der Waals surface area (Å²) in [5.41, 5.74) is 1.16. The predicted octanol–water partition coefficient (Wildman–Crippen LogP) is 1.88. The Morgan fingerprint density at radius 2 is 2.21 bits per heavy atom. The first-order valence-corrected chi connectivity index (χ1v) is 4.69. The monoisotopic (exact) mass is 208 g/mol. The standard InChI is InChI=1S/C9H9ClN4/c1-2-7-3-12-14(6-7)9-5-11-4-8(10)13-9/h3-6H,2H2,1H3. The van der Waals surface area contributed by atoms with Gasteiger partial charge < -0.3 is 0 Å². The van der Waals surface area contributed by atoms with Crippen LogP contribution < -0.4 is 0 Å². The van der Waals surface area contributed by atoms with E-state index in [-0.39, 0.29) is 0 Å². The average Bonchev–Trinajstić information content (AvgIpc) is 2.66. The van der Waals surface area contributed by atoms with Crippen molar-refractivity contribution in [2.45, 2.75) is 13.3 Å². The first-order valence-electron chi connectivity index (χ1n) is 4.31. The molecular formula is C9H9ClN4. The summed E-state index contributed by atoms with van der Waals surface area (Å²) < 4.78 is 1.66. The number of hydrogen-bond acceptors (Lipinski definition) is 3. The zero-order valence-corrected chi connectivity index (χ0v) is 8.44. The van der Waals surface area contributed by atoms with E-state index in [0.717, 1.165) is 12.0 Å². The summed E-state index contributed by atoms with van der Waals surface area (Å²) in [7, 11) is 0. The van der Waals surface area contributed by atoms with E-state index >= 15 is 0 Å². The van der Waals surface area contributed by atoms with Gasteiger partial charge in [0.15, 0.2) is 5.82 Å². The molecule has 0 aliphatic rings. The number of nitrogens with zero attached hydrogens (tertiary/aromatic N) is 4. The summed E-state index contributed by atoms with van der Waals surface area (Å²) >= 11 is 5.72. The Morgan fingerprint density at radius 1 is 1.36 bits per heavy atom. The van der Waals surface area contributed by atoms with Gasteiger partial charge in [0.05, 0.1) is 18.6 Å². The van der Waals surface area contributed by atoms with Crippen molar-refractivity contribution in [3.8, 4) is 5.82 Å². The minimum Gasteiger partial charge on any atom is -0.258 e. The van der Waals surface area contributed by atoms with Crippen molar-refractivity contribution >= 4 is 11.6 Å². The molecule has 14 heavy (non-hydrogen) atoms. The third-order valence-electron chi connectivity index (χ3n) is 1.87. The number of halogens is 1. The quantitative estimate of drug-likeness (QED) is 0.757. The molecule has 0 radical (unpaired) electrons. The van der Waals surface area contributed by atoms with Gasteiger partial charge in [0.1, 0.15) is 5.15 Å². The topological polar surface area (TPSA) is 43.6 Å². The highest BCUT2D eigenvalue weighted by Crippen LogP contribution is 2.08. The van der Waals surface area contributed by atoms with Crippen molar-refractivity contribution in [1.82, 2.24) is 19.7 Å². The molecule has 0 aliphatic heterocycles. The Balaban J connectivity index is 2.39. The molecule has 0 N–H and O–H groups in total. The molecule has 0 bridgehead atoms. The van der Waals surface area contributed by atoms with E-state index in [4.69, 9.17) is 11.6 Å². The van der Waals surface area contributed by atoms with Crippen molar-refractivity contribution in [1.29, 1.82) is 0 Å². The molecule has 0 aliphatic carbocycles. The number of hydrogen-bond donors (Lipinski definition) is 0. The highest BCUT2D eigenvalue weighted by molar-refractivity contribution is 6.29. The maximum atomic E-state index is 5.72. The molecule has 0 aromatic carbocycles. The van der Waals surface area contributed by atoms with E-state index in [1.165, 1.54) is 6.20 Å². The van der Waals surface area contributed by atoms with Gasteiger partial charge in [0, 0.05) is 6.20 Å². The van der Waals surface area contributed by atoms with Gasteiger partial charge in [-0.05, 0) is 12.0 Å². The molecule has 2 aromatic heterocycles. The summed E-state index contributed by atoms with van der Waals surface area (Å²) in [5.74, 6) is 0.636. The molecular weight excluding hydrogens is 200 g/mol. The summed E-state index contributed by atoms with van der Waals surface area (Å²) in [6, 6.07) is 0. The SMILES string of the molecule is CCc1cnn(-c2cncc(Cl)n2)c1. The van der Waals surface area contributed by atoms with Crippen LogP contribution in [0.4, 0.5) is 0 Å². The van der Waals surface area contributed by atoms with Crippen LogP contribution in [0.1, 0.15) is 12.5 Å². The van der Waals surface area contributed by atoms with Gasteiger partial charge in [0.25, 0.3) is 0 Å². The van der Waals surface area contributed by atoms with Crippen LogP contribution >= 0.6 is 11.6 Å². The highest BCUT2D eigenvalue weighted by atomic mass is 35.5. The number of aromatic nitrogens is 4. The summed E-state index contributed by atoms with van der Waals surface area (Å²) in [4.78, 5) is 8.03. The van der Waals surface area contributed by atoms with Gasteiger partial charge in [-0.3, -0.25) is 4.98 Å². The van der Waals surface area contributed by atoms with Crippen LogP contribution in [0.25, 0.3) is 5.82 Å². The largest absolute Gasteiger partial charge is 0.258 e. The Hall–Kier alpha value is -1.42. The van der Waals surface area contributed by atoms with E-state index in [2.05, 4.69) is 22.0 Å². The highest BCUT2D eigenvalue weighted by Gasteiger charge is 2.01. The second kappa shape index (κ2) is 3.75. The molecule has 0 saturated heterocycles. The van der Waals surface area contributed by atoms with Gasteiger partial charge in [-0.25, -0.2) is 9.67 Å². The summed E-state index contributed by atoms with van der Waals surface area (Å²) in [6.07, 6.45) is 7.80. The second-order valence-electron chi connectivity index (χ2n) is 2.85. The molecule has 2 aromatic rings. The van der Waals surface area contributed by atoms with Crippen LogP contribution in [0.2, 0.25) is 5.15 Å². The first kappa shape index (κ1) is 9.15. The maximum Gasteiger partial charge on any atom is 0.173 e. The molecule has 5 heteroatoms. The van der Waals surface area contributed by atoms with Crippen LogP contribution in [0.5, 0.6) is 0 Å². The lowest BCUT2D eigenvalue weighted by atomic mass is 10.3. The number of rotatable bonds is 2. The van der Waals surface area contributed by atoms with E-state index < -0.39 is 0 Å². The smallest absolute Gasteiger partial charge is 0.173 e. The zero-order chi connectivity index (χ0) is 9.97. The molecule has 0 unspecified atom stereocenters. The van der Waals surface area contributed by atoms with Crippen LogP contribution in [-0.2, 0) is 6.42 Å². The Morgan fingerprint density at radius 3 is 2.86 bits per heavy atom. The van der Waals surface area contributed by atoms with E-state index in [0.29, 0.717) is 11.0 Å². The fourth-order valence-electron chi connectivity index (χ4n) is 1.11. The van der Waals surface area contributed by atoms with Crippen LogP contribution in [0, 0.1) is 0 Å². The van der Waals surface area contributed by atoms with Crippen molar-refractivity contribution in [2.75, 3.05) is 0 Å². The molecule has 0 fully saturated rings. The zero-order valence-electron chi connectivity index (χ0n) is 7.68. The van der Waals surface area contributed by atoms with E-state index in [9.17, 15) is 0 Å². The Bertz CT molecular complexity index is 438. The minimum absolute atomic E-state index is 0.371. The molecule has 0 atom stereocenters. The molecule has 0 saturated carbocycles. The number of aryl methyl sites for hydroxylation is 1. The van der Waals surface area contributed by atoms with Crippen molar-refractivity contribution in [2.24, 2.45) is 0 Å². The average molecular weight is 209 g/mol. The van der Waals surface area contributed by atoms with Crippen LogP contribution in [0.15, 0.2) is 24.8 Å². The lowest BCUT2D eigenvalue weighted by Crippen LogP contribution is -1.98. The molecule has 4 nitrogen and oxygen atoms in total. The Kier molecular flexibility index (Phi) is 2.45. The van der Waals surface area contributed by atoms with Gasteiger partial charge in [-0.1, -0.05) is 18.5 Å². The first-order chi connectivity index (χ1) is 6.79. The summed E-state index contributed by atoms with van der Waals surface area (Å²) in [6.45, 7) is 2.07. The fourth-order valence-corrected chi connectivity index (χ4v) is 1.25. The normalized spacial score (nSPS) is 10.4. The minimum atomic E-state index is 0.371. The van der Waals surface area contributed by atoms with E-state index in [1.54, 1.807) is 10.9 Å². The van der Waals surface area contributed by atoms with Gasteiger partial charge >= 0.3 is 0 Å². The lowest BCUT2D eigenvalue weighted by Gasteiger charge is -1.98. The van der Waals surface area contributed by atoms with Gasteiger partial charge in [0.2, 0.25) is 0 Å². The third kappa shape index (κ3) is 1.75. The third-order valence-corrected chi connectivity index (χ3v) is 2.05. The molecule has 2 rings (SSSR count). The van der Waals surface area contributed by atoms with Crippen molar-refractivity contribution in [3.05, 3.63) is 35.5 Å². The van der Waals surface area contributed by atoms with Gasteiger partial charge in [-0.15, -0.1) is 0 Å². The lowest BCUT2D eigenvalue weighted by molar-refractivity contribution is 0.837. The Labute approximate surface area is 86.6 Å². The van der Waals surface area contributed by atoms with Crippen LogP contribution in [-0.4, -0.2) is 19.7 Å². The molecule has 72 valence electrons. The molecule has 0 amide bonds. The van der Waals surface area contributed by atoms with E-state index in [1.807, 2.05) is 12.4 Å². The van der Waals surface area contributed by atoms with Crippen molar-refractivity contribution < 1.29 is 0 Å². The molecule has 0 spiro atoms. The molecule has 2 heterocycles. The second-order valence-corrected chi connectivity index (χ2v) is 3.23. The maximum absolute atomic E-state index is 5.72. The van der Waals surface area contributed by atoms with Gasteiger partial charge in [-0.2, -0.15) is 5.10 Å².